The number of fused-ring (bicyclic) bond motifs is 16. The van der Waals surface area contributed by atoms with Crippen LogP contribution in [-0.2, 0) is 5.41 Å². The standard InChI is InChI=1S/C67H42N2O/c1-3-16-47(17-4-1)68(49-35-30-43(31-36-49)46-32-37-53-52-22-9-13-26-59(52)67(60(53)42-46)57-24-11-7-20-50(57)51-21-8-12-25-58(51)67)63-28-15-29-65-66(63)56-41-45(34-39-64(56)70-65)44-33-38-62-55(40-44)54-23-10-14-27-61(54)69(62)48-18-5-2-6-19-48/h1-42H. The molecule has 2 aliphatic carbocycles. The summed E-state index contributed by atoms with van der Waals surface area (Å²) in [7, 11) is 0. The van der Waals surface area contributed by atoms with Gasteiger partial charge in [-0.3, -0.25) is 0 Å². The van der Waals surface area contributed by atoms with Crippen molar-refractivity contribution >= 4 is 60.8 Å². The fourth-order valence-electron chi connectivity index (χ4n) is 12.3. The zero-order chi connectivity index (χ0) is 45.9. The molecule has 0 unspecified atom stereocenters. The van der Waals surface area contributed by atoms with Gasteiger partial charge < -0.3 is 13.9 Å². The van der Waals surface area contributed by atoms with Gasteiger partial charge in [-0.2, -0.15) is 0 Å². The van der Waals surface area contributed by atoms with Crippen LogP contribution in [0, 0.1) is 0 Å². The lowest BCUT2D eigenvalue weighted by Crippen LogP contribution is -2.25. The fraction of sp³-hybridized carbons (Fsp3) is 0.0149. The van der Waals surface area contributed by atoms with Crippen LogP contribution in [0.2, 0.25) is 0 Å². The molecule has 11 aromatic carbocycles. The van der Waals surface area contributed by atoms with Gasteiger partial charge >= 0.3 is 0 Å². The second-order valence-electron chi connectivity index (χ2n) is 18.7. The Hall–Kier alpha value is -9.18. The molecular weight excluding hydrogens is 849 g/mol. The summed E-state index contributed by atoms with van der Waals surface area (Å²) < 4.78 is 9.04. The minimum Gasteiger partial charge on any atom is -0.456 e. The number of anilines is 3. The highest BCUT2D eigenvalue weighted by Crippen LogP contribution is 2.63. The molecule has 0 amide bonds. The minimum atomic E-state index is -0.388. The van der Waals surface area contributed by atoms with Gasteiger partial charge in [-0.25, -0.2) is 0 Å². The van der Waals surface area contributed by atoms with Gasteiger partial charge in [0.05, 0.1) is 27.5 Å². The van der Waals surface area contributed by atoms with Crippen LogP contribution < -0.4 is 4.90 Å². The Bertz CT molecular complexity index is 4170. The van der Waals surface area contributed by atoms with E-state index < -0.39 is 0 Å². The monoisotopic (exact) mass is 890 g/mol. The molecule has 13 aromatic rings. The molecule has 0 fully saturated rings. The maximum atomic E-state index is 6.68. The van der Waals surface area contributed by atoms with Gasteiger partial charge in [0, 0.05) is 33.2 Å². The number of furan rings is 1. The molecule has 0 N–H and O–H groups in total. The lowest BCUT2D eigenvalue weighted by atomic mass is 9.70. The Morgan fingerprint density at radius 2 is 0.857 bits per heavy atom. The average Bonchev–Trinajstić information content (AvgIpc) is 4.15. The summed E-state index contributed by atoms with van der Waals surface area (Å²) in [6.45, 7) is 0. The van der Waals surface area contributed by atoms with Gasteiger partial charge in [0.25, 0.3) is 0 Å². The van der Waals surface area contributed by atoms with Crippen LogP contribution in [0.4, 0.5) is 17.1 Å². The highest BCUT2D eigenvalue weighted by atomic mass is 16.3. The van der Waals surface area contributed by atoms with Gasteiger partial charge in [0.2, 0.25) is 0 Å². The van der Waals surface area contributed by atoms with Gasteiger partial charge in [0.1, 0.15) is 11.2 Å². The predicted octanol–water partition coefficient (Wildman–Crippen LogP) is 17.8. The Morgan fingerprint density at radius 3 is 1.57 bits per heavy atom. The molecule has 0 aliphatic heterocycles. The maximum Gasteiger partial charge on any atom is 0.137 e. The SMILES string of the molecule is c1ccc(N(c2ccc(-c3ccc4c(c3)C3(c5ccccc5-c5ccccc53)c3ccccc3-4)cc2)c2cccc3oc4ccc(-c5ccc6c(c5)c5ccccc5n6-c5ccccc5)cc4c23)cc1. The Labute approximate surface area is 405 Å². The first-order valence-electron chi connectivity index (χ1n) is 24.2. The molecular formula is C67H42N2O. The zero-order valence-electron chi connectivity index (χ0n) is 38.1. The number of nitrogens with zero attached hydrogens (tertiary/aromatic N) is 2. The van der Waals surface area contributed by atoms with Crippen molar-refractivity contribution in [3.8, 4) is 50.2 Å². The fourth-order valence-corrected chi connectivity index (χ4v) is 12.3. The third kappa shape index (κ3) is 5.46. The quantitative estimate of drug-likeness (QED) is 0.166. The first kappa shape index (κ1) is 38.9. The van der Waals surface area contributed by atoms with E-state index in [-0.39, 0.29) is 5.41 Å². The molecule has 70 heavy (non-hydrogen) atoms. The van der Waals surface area contributed by atoms with E-state index in [0.717, 1.165) is 55.8 Å². The van der Waals surface area contributed by atoms with Crippen molar-refractivity contribution < 1.29 is 4.42 Å². The Morgan fingerprint density at radius 1 is 0.329 bits per heavy atom. The van der Waals surface area contributed by atoms with Crippen molar-refractivity contribution in [2.75, 3.05) is 4.90 Å². The van der Waals surface area contributed by atoms with Gasteiger partial charge in [-0.1, -0.05) is 170 Å². The van der Waals surface area contributed by atoms with Gasteiger partial charge in [-0.05, 0) is 152 Å². The number of hydrogen-bond acceptors (Lipinski definition) is 2. The number of hydrogen-bond donors (Lipinski definition) is 0. The van der Waals surface area contributed by atoms with Crippen LogP contribution in [0.25, 0.3) is 93.9 Å². The molecule has 0 bridgehead atoms. The average molecular weight is 891 g/mol. The summed E-state index contributed by atoms with van der Waals surface area (Å²) in [6.07, 6.45) is 0. The molecule has 15 rings (SSSR count). The van der Waals surface area contributed by atoms with Crippen molar-refractivity contribution in [2.45, 2.75) is 5.41 Å². The predicted molar refractivity (Wildman–Crippen MR) is 290 cm³/mol. The molecule has 2 aromatic heterocycles. The second-order valence-corrected chi connectivity index (χ2v) is 18.7. The second kappa shape index (κ2) is 14.9. The zero-order valence-corrected chi connectivity index (χ0v) is 38.1. The van der Waals surface area contributed by atoms with Crippen molar-refractivity contribution in [3.05, 3.63) is 277 Å². The van der Waals surface area contributed by atoms with E-state index in [2.05, 4.69) is 264 Å². The molecule has 3 nitrogen and oxygen atoms in total. The molecule has 0 atom stereocenters. The summed E-state index contributed by atoms with van der Waals surface area (Å²) in [6, 6.07) is 93.3. The van der Waals surface area contributed by atoms with Crippen LogP contribution in [0.1, 0.15) is 22.3 Å². The van der Waals surface area contributed by atoms with Gasteiger partial charge in [0.15, 0.2) is 0 Å². The highest BCUT2D eigenvalue weighted by Gasteiger charge is 2.51. The molecule has 0 radical (unpaired) electrons. The lowest BCUT2D eigenvalue weighted by Gasteiger charge is -2.30. The molecule has 0 saturated carbocycles. The topological polar surface area (TPSA) is 21.3 Å². The van der Waals surface area contributed by atoms with E-state index in [4.69, 9.17) is 4.42 Å². The normalized spacial score (nSPS) is 13.0. The van der Waals surface area contributed by atoms with E-state index >= 15 is 0 Å². The molecule has 2 heterocycles. The Balaban J connectivity index is 0.851. The summed E-state index contributed by atoms with van der Waals surface area (Å²) in [5.74, 6) is 0. The van der Waals surface area contributed by atoms with Crippen LogP contribution in [-0.4, -0.2) is 4.57 Å². The number of rotatable bonds is 6. The van der Waals surface area contributed by atoms with E-state index in [9.17, 15) is 0 Å². The molecule has 3 heteroatoms. The van der Waals surface area contributed by atoms with E-state index in [1.165, 1.54) is 77.4 Å². The summed E-state index contributed by atoms with van der Waals surface area (Å²) in [5.41, 5.74) is 23.4. The molecule has 2 aliphatic rings. The smallest absolute Gasteiger partial charge is 0.137 e. The highest BCUT2D eigenvalue weighted by molar-refractivity contribution is 6.15. The number of aromatic nitrogens is 1. The van der Waals surface area contributed by atoms with Crippen LogP contribution in [0.5, 0.6) is 0 Å². The van der Waals surface area contributed by atoms with Crippen molar-refractivity contribution in [1.29, 1.82) is 0 Å². The summed E-state index contributed by atoms with van der Waals surface area (Å²) in [4.78, 5) is 2.37. The van der Waals surface area contributed by atoms with Crippen LogP contribution >= 0.6 is 0 Å². The summed E-state index contributed by atoms with van der Waals surface area (Å²) in [5, 5.41) is 4.62. The first-order valence-corrected chi connectivity index (χ1v) is 24.2. The minimum absolute atomic E-state index is 0.388. The first-order chi connectivity index (χ1) is 34.7. The third-order valence-electron chi connectivity index (χ3n) is 15.2. The number of para-hydroxylation sites is 3. The van der Waals surface area contributed by atoms with E-state index in [1.807, 2.05) is 0 Å². The van der Waals surface area contributed by atoms with E-state index in [1.54, 1.807) is 0 Å². The van der Waals surface area contributed by atoms with Crippen LogP contribution in [0.3, 0.4) is 0 Å². The maximum absolute atomic E-state index is 6.68. The van der Waals surface area contributed by atoms with E-state index in [0.29, 0.717) is 0 Å². The van der Waals surface area contributed by atoms with Crippen LogP contribution in [0.15, 0.2) is 259 Å². The third-order valence-corrected chi connectivity index (χ3v) is 15.2. The molecule has 0 saturated heterocycles. The largest absolute Gasteiger partial charge is 0.456 e. The van der Waals surface area contributed by atoms with Crippen molar-refractivity contribution in [3.63, 3.8) is 0 Å². The lowest BCUT2D eigenvalue weighted by molar-refractivity contribution is 0.669. The number of benzene rings is 11. The van der Waals surface area contributed by atoms with Crippen molar-refractivity contribution in [2.24, 2.45) is 0 Å². The Kier molecular flexibility index (Phi) is 8.28. The van der Waals surface area contributed by atoms with Gasteiger partial charge in [-0.15, -0.1) is 0 Å². The van der Waals surface area contributed by atoms with Crippen molar-refractivity contribution in [1.82, 2.24) is 4.57 Å². The summed E-state index contributed by atoms with van der Waals surface area (Å²) >= 11 is 0. The molecule has 326 valence electrons. The molecule has 1 spiro atoms.